The Bertz CT molecular complexity index is 1460. The molecule has 12 nitrogen and oxygen atoms in total. The predicted octanol–water partition coefficient (Wildman–Crippen LogP) is -2.24. The Morgan fingerprint density at radius 1 is 0.771 bits per heavy atom. The van der Waals surface area contributed by atoms with Crippen molar-refractivity contribution in [1.82, 2.24) is 0 Å². The van der Waals surface area contributed by atoms with Gasteiger partial charge in [0.25, 0.3) is 10.1 Å². The monoisotopic (exact) mass is 536 g/mol. The molecule has 0 amide bonds. The van der Waals surface area contributed by atoms with E-state index in [1.54, 1.807) is 0 Å². The van der Waals surface area contributed by atoms with Crippen molar-refractivity contribution < 1.29 is 94.9 Å². The number of benzene rings is 3. The summed E-state index contributed by atoms with van der Waals surface area (Å²) >= 11 is 0. The quantitative estimate of drug-likeness (QED) is 0.199. The van der Waals surface area contributed by atoms with Gasteiger partial charge in [0.2, 0.25) is 0 Å². The molecule has 0 bridgehead atoms. The van der Waals surface area contributed by atoms with E-state index in [2.05, 4.69) is 20.5 Å². The fourth-order valence-electron chi connectivity index (χ4n) is 2.48. The Kier molecular flexibility index (Phi) is 11.6. The number of hydrogen-bond donors (Lipinski definition) is 1. The maximum absolute atomic E-state index is 11.8. The first-order chi connectivity index (χ1) is 15.5. The van der Waals surface area contributed by atoms with Crippen LogP contribution in [-0.2, 0) is 20.2 Å². The molecule has 0 fully saturated rings. The summed E-state index contributed by atoms with van der Waals surface area (Å²) in [5.74, 6) is -0.341. The first-order valence-electron chi connectivity index (χ1n) is 8.83. The predicted molar refractivity (Wildman–Crippen MR) is 111 cm³/mol. The van der Waals surface area contributed by atoms with E-state index < -0.39 is 30.0 Å². The van der Waals surface area contributed by atoms with Crippen molar-refractivity contribution in [2.24, 2.45) is 20.5 Å². The fourth-order valence-corrected chi connectivity index (χ4v) is 3.59. The Labute approximate surface area is 245 Å². The van der Waals surface area contributed by atoms with Crippen molar-refractivity contribution in [2.45, 2.75) is 9.79 Å². The van der Waals surface area contributed by atoms with E-state index in [1.807, 2.05) is 0 Å². The summed E-state index contributed by atoms with van der Waals surface area (Å²) in [5, 5.41) is 26.9. The molecule has 0 unspecified atom stereocenters. The standard InChI is InChI=1S/C19H16N4O8S2.2Na/c1-31-18-10-13(5-9-17(18)24)22-23-16-8-4-14(11-19(16)33(28,29)30)21-20-12-2-6-15(7-3-12)32(25,26)27;;/h2-11,24H,1H3,(H,25,26,27)(H,28,29,30);;/q;2*+1/p-2. The molecule has 0 aliphatic rings. The van der Waals surface area contributed by atoms with Crippen molar-refractivity contribution in [2.75, 3.05) is 7.11 Å². The van der Waals surface area contributed by atoms with Gasteiger partial charge in [0, 0.05) is 6.07 Å². The molecule has 0 radical (unpaired) electrons. The molecule has 35 heavy (non-hydrogen) atoms. The number of nitrogens with zero attached hydrogens (tertiary/aromatic N) is 4. The van der Waals surface area contributed by atoms with Gasteiger partial charge in [-0.1, -0.05) is 11.8 Å². The summed E-state index contributed by atoms with van der Waals surface area (Å²) in [4.78, 5) is -1.03. The van der Waals surface area contributed by atoms with Crippen LogP contribution in [-0.4, -0.2) is 33.1 Å². The normalized spacial score (nSPS) is 11.7. The van der Waals surface area contributed by atoms with Gasteiger partial charge in [-0.3, -0.25) is 4.55 Å². The van der Waals surface area contributed by atoms with Crippen LogP contribution in [0.25, 0.3) is 0 Å². The van der Waals surface area contributed by atoms with Crippen molar-refractivity contribution in [3.63, 3.8) is 0 Å². The third kappa shape index (κ3) is 8.71. The van der Waals surface area contributed by atoms with E-state index in [4.69, 9.17) is 4.74 Å². The zero-order chi connectivity index (χ0) is 24.2. The average Bonchev–Trinajstić information content (AvgIpc) is 2.76. The summed E-state index contributed by atoms with van der Waals surface area (Å²) in [7, 11) is -8.01. The van der Waals surface area contributed by atoms with Crippen LogP contribution < -0.4 is 69.0 Å². The second-order valence-corrected chi connectivity index (χ2v) is 9.08. The van der Waals surface area contributed by atoms with Gasteiger partial charge in [0.15, 0.2) is 0 Å². The molecule has 0 aliphatic carbocycles. The number of ether oxygens (including phenoxy) is 1. The van der Waals surface area contributed by atoms with E-state index in [0.717, 1.165) is 18.2 Å². The van der Waals surface area contributed by atoms with Gasteiger partial charge in [-0.15, -0.1) is 5.11 Å². The van der Waals surface area contributed by atoms with E-state index in [1.165, 1.54) is 49.6 Å². The third-order valence-electron chi connectivity index (χ3n) is 4.05. The maximum atomic E-state index is 11.8. The molecular weight excluding hydrogens is 522 g/mol. The molecule has 1 N–H and O–H groups in total. The van der Waals surface area contributed by atoms with Crippen molar-refractivity contribution in [1.29, 1.82) is 0 Å². The Hall–Kier alpha value is -1.72. The first-order valence-corrected chi connectivity index (χ1v) is 11.7. The molecule has 0 saturated heterocycles. The fraction of sp³-hybridized carbons (Fsp3) is 0.0526. The molecule has 0 atom stereocenters. The first kappa shape index (κ1) is 31.3. The molecule has 0 aliphatic heterocycles. The zero-order valence-electron chi connectivity index (χ0n) is 18.7. The van der Waals surface area contributed by atoms with Gasteiger partial charge in [-0.05, 0) is 48.5 Å². The third-order valence-corrected chi connectivity index (χ3v) is 5.78. The van der Waals surface area contributed by atoms with Crippen LogP contribution in [0.5, 0.6) is 11.5 Å². The minimum atomic E-state index is -4.72. The van der Waals surface area contributed by atoms with E-state index in [0.29, 0.717) is 0 Å². The van der Waals surface area contributed by atoms with Gasteiger partial charge in [-0.2, -0.15) is 23.8 Å². The molecule has 16 heteroatoms. The van der Waals surface area contributed by atoms with Gasteiger partial charge in [0.05, 0.1) is 29.1 Å². The van der Waals surface area contributed by atoms with Gasteiger partial charge in [-0.25, -0.2) is 8.42 Å². The zero-order valence-corrected chi connectivity index (χ0v) is 24.3. The number of methoxy groups -OCH3 is 1. The van der Waals surface area contributed by atoms with Gasteiger partial charge < -0.3 is 14.4 Å². The van der Waals surface area contributed by atoms with Crippen molar-refractivity contribution in [3.8, 4) is 11.5 Å². The average molecular weight is 536 g/mol. The van der Waals surface area contributed by atoms with Crippen molar-refractivity contribution >= 4 is 43.0 Å². The molecule has 0 saturated carbocycles. The van der Waals surface area contributed by atoms with Crippen LogP contribution in [0.4, 0.5) is 22.7 Å². The molecule has 0 heterocycles. The summed E-state index contributed by atoms with van der Waals surface area (Å²) in [6.07, 6.45) is 0. The Morgan fingerprint density at radius 2 is 1.29 bits per heavy atom. The Morgan fingerprint density at radius 3 is 1.86 bits per heavy atom. The van der Waals surface area contributed by atoms with Crippen molar-refractivity contribution in [3.05, 3.63) is 60.7 Å². The largest absolute Gasteiger partial charge is 1.00 e. The molecule has 0 spiro atoms. The smallest absolute Gasteiger partial charge is 0.870 e. The Balaban J connectivity index is 0.00000306. The summed E-state index contributed by atoms with van der Waals surface area (Å²) in [6, 6.07) is 12.0. The molecule has 3 rings (SSSR count). The van der Waals surface area contributed by atoms with Crippen LogP contribution in [0.3, 0.4) is 0 Å². The van der Waals surface area contributed by atoms with Crippen LogP contribution in [0, 0.1) is 0 Å². The van der Waals surface area contributed by atoms with Crippen LogP contribution in [0.1, 0.15) is 0 Å². The molecule has 3 aromatic rings. The molecule has 3 aromatic carbocycles. The summed E-state index contributed by atoms with van der Waals surface area (Å²) in [5.41, 5.74) is 0.224. The topological polar surface area (TPSA) is 193 Å². The van der Waals surface area contributed by atoms with Gasteiger partial charge >= 0.3 is 59.1 Å². The number of rotatable bonds is 7. The molecule has 0 aromatic heterocycles. The van der Waals surface area contributed by atoms with Gasteiger partial charge in [0.1, 0.15) is 26.5 Å². The second kappa shape index (κ2) is 13.0. The number of hydrogen-bond acceptors (Lipinski definition) is 11. The summed E-state index contributed by atoms with van der Waals surface area (Å²) < 4.78 is 70.9. The second-order valence-electron chi connectivity index (χ2n) is 6.31. The van der Waals surface area contributed by atoms with E-state index >= 15 is 0 Å². The maximum Gasteiger partial charge on any atom is 1.00 e. The molecule has 172 valence electrons. The number of azo groups is 2. The van der Waals surface area contributed by atoms with E-state index in [-0.39, 0.29) is 93.4 Å². The SMILES string of the molecule is COc1cc(N=Nc2ccc(N=Nc3ccc(S(=O)(=O)[O-])cc3)cc2S(=O)(=O)O)ccc1[O-].[Na+].[Na+]. The molecular formula is C19H14N4Na2O8S2. The minimum Gasteiger partial charge on any atom is -0.870 e. The van der Waals surface area contributed by atoms with E-state index in [9.17, 15) is 31.0 Å². The van der Waals surface area contributed by atoms with Crippen LogP contribution in [0.2, 0.25) is 0 Å². The van der Waals surface area contributed by atoms with Crippen LogP contribution >= 0.6 is 0 Å². The van der Waals surface area contributed by atoms with Crippen LogP contribution in [0.15, 0.2) is 90.9 Å². The minimum absolute atomic E-state index is 0. The summed E-state index contributed by atoms with van der Waals surface area (Å²) in [6.45, 7) is 0.